The summed E-state index contributed by atoms with van der Waals surface area (Å²) in [6.45, 7) is 3.79. The Kier molecular flexibility index (Phi) is 11.4. The van der Waals surface area contributed by atoms with Crippen LogP contribution >= 0.6 is 0 Å². The molecule has 0 aliphatic rings. The average Bonchev–Trinajstić information content (AvgIpc) is 1.66. The molecule has 0 aliphatic heterocycles. The Labute approximate surface area is 76.3 Å². The average molecular weight is 141 g/mol. The normalized spacial score (nSPS) is 8.22. The van der Waals surface area contributed by atoms with Crippen LogP contribution in [0.4, 0.5) is 0 Å². The third-order valence-corrected chi connectivity index (χ3v) is 1.13. The molecule has 0 bridgehead atoms. The standard InChI is InChI=1S/C7H14O.Mg.2H/c1-3-4-5-6-7(2)8;;;/h3-6H2,1-2H3;;;/q;+2;2*-1. The zero-order chi connectivity index (χ0) is 6.41. The molecule has 0 aromatic heterocycles. The first-order valence-corrected chi connectivity index (χ1v) is 3.26. The van der Waals surface area contributed by atoms with Gasteiger partial charge in [0.25, 0.3) is 0 Å². The number of rotatable bonds is 4. The summed E-state index contributed by atoms with van der Waals surface area (Å²) in [5.41, 5.74) is 0. The van der Waals surface area contributed by atoms with Crippen molar-refractivity contribution in [2.45, 2.75) is 39.5 Å². The van der Waals surface area contributed by atoms with Gasteiger partial charge < -0.3 is 7.65 Å². The molecule has 52 valence electrons. The van der Waals surface area contributed by atoms with Crippen LogP contribution in [0.3, 0.4) is 0 Å². The number of carbonyl (C=O) groups excluding carboxylic acids is 1. The van der Waals surface area contributed by atoms with Crippen molar-refractivity contribution in [1.82, 2.24) is 0 Å². The van der Waals surface area contributed by atoms with Gasteiger partial charge in [-0.2, -0.15) is 0 Å². The van der Waals surface area contributed by atoms with Crippen LogP contribution in [0.15, 0.2) is 0 Å². The fourth-order valence-electron chi connectivity index (χ4n) is 0.624. The molecule has 0 saturated heterocycles. The number of unbranched alkanes of at least 4 members (excludes halogenated alkanes) is 2. The van der Waals surface area contributed by atoms with Gasteiger partial charge in [0, 0.05) is 6.42 Å². The van der Waals surface area contributed by atoms with Gasteiger partial charge in [-0.25, -0.2) is 0 Å². The molecule has 1 nitrogen and oxygen atoms in total. The van der Waals surface area contributed by atoms with Crippen LogP contribution in [0, 0.1) is 0 Å². The fraction of sp³-hybridized carbons (Fsp3) is 0.857. The van der Waals surface area contributed by atoms with Crippen molar-refractivity contribution in [3.8, 4) is 0 Å². The Hall–Kier alpha value is 0.436. The van der Waals surface area contributed by atoms with E-state index in [-0.39, 0.29) is 25.9 Å². The van der Waals surface area contributed by atoms with E-state index in [1.54, 1.807) is 6.92 Å². The summed E-state index contributed by atoms with van der Waals surface area (Å²) in [6.07, 6.45) is 4.24. The van der Waals surface area contributed by atoms with Gasteiger partial charge in [0.1, 0.15) is 5.78 Å². The Morgan fingerprint density at radius 1 is 1.44 bits per heavy atom. The van der Waals surface area contributed by atoms with E-state index in [2.05, 4.69) is 6.92 Å². The summed E-state index contributed by atoms with van der Waals surface area (Å²) < 4.78 is 0. The quantitative estimate of drug-likeness (QED) is 0.431. The zero-order valence-corrected chi connectivity index (χ0v) is 7.86. The molecule has 0 aromatic carbocycles. The molecule has 2 heteroatoms. The van der Waals surface area contributed by atoms with Crippen molar-refractivity contribution < 1.29 is 7.65 Å². The second-order valence-corrected chi connectivity index (χ2v) is 2.16. The van der Waals surface area contributed by atoms with E-state index in [4.69, 9.17) is 0 Å². The van der Waals surface area contributed by atoms with Crippen molar-refractivity contribution in [3.05, 3.63) is 0 Å². The Bertz CT molecular complexity index is 78.8. The topological polar surface area (TPSA) is 17.1 Å². The van der Waals surface area contributed by atoms with Crippen LogP contribution in [0.2, 0.25) is 0 Å². The van der Waals surface area contributed by atoms with Crippen LogP contribution in [-0.4, -0.2) is 28.8 Å². The van der Waals surface area contributed by atoms with E-state index < -0.39 is 0 Å². The number of Topliss-reactive ketones (excluding diaryl/α,β-unsaturated/α-hetero) is 1. The van der Waals surface area contributed by atoms with Crippen LogP contribution in [0.25, 0.3) is 0 Å². The summed E-state index contributed by atoms with van der Waals surface area (Å²) in [7, 11) is 0. The number of carbonyl (C=O) groups is 1. The Morgan fingerprint density at radius 2 is 2.00 bits per heavy atom. The third-order valence-electron chi connectivity index (χ3n) is 1.13. The molecule has 0 aliphatic carbocycles. The maximum atomic E-state index is 10.3. The molecule has 0 spiro atoms. The van der Waals surface area contributed by atoms with Gasteiger partial charge in [0.05, 0.1) is 0 Å². The van der Waals surface area contributed by atoms with Gasteiger partial charge in [-0.3, -0.25) is 0 Å². The van der Waals surface area contributed by atoms with Crippen molar-refractivity contribution in [2.24, 2.45) is 0 Å². The second-order valence-electron chi connectivity index (χ2n) is 2.16. The molecule has 0 fully saturated rings. The fourth-order valence-corrected chi connectivity index (χ4v) is 0.624. The Morgan fingerprint density at radius 3 is 2.33 bits per heavy atom. The van der Waals surface area contributed by atoms with Gasteiger partial charge in [-0.05, 0) is 13.3 Å². The summed E-state index contributed by atoms with van der Waals surface area (Å²) in [6, 6.07) is 0. The van der Waals surface area contributed by atoms with E-state index in [0.717, 1.165) is 12.8 Å². The van der Waals surface area contributed by atoms with Crippen molar-refractivity contribution in [1.29, 1.82) is 0 Å². The Balaban J connectivity index is -0.0000000817. The molecule has 0 aromatic rings. The first kappa shape index (κ1) is 12.1. The minimum absolute atomic E-state index is 0. The van der Waals surface area contributed by atoms with Crippen molar-refractivity contribution in [3.63, 3.8) is 0 Å². The summed E-state index contributed by atoms with van der Waals surface area (Å²) in [5, 5.41) is 0. The SMILES string of the molecule is CCCCCC(C)=O.[H-].[H-].[Mg+2]. The largest absolute Gasteiger partial charge is 2.00 e. The van der Waals surface area contributed by atoms with Crippen LogP contribution in [0.1, 0.15) is 42.4 Å². The van der Waals surface area contributed by atoms with E-state index in [1.165, 1.54) is 12.8 Å². The minimum atomic E-state index is 0. The van der Waals surface area contributed by atoms with E-state index >= 15 is 0 Å². The number of ketones is 1. The van der Waals surface area contributed by atoms with Gasteiger partial charge >= 0.3 is 23.1 Å². The first-order chi connectivity index (χ1) is 3.77. The molecule has 0 N–H and O–H groups in total. The van der Waals surface area contributed by atoms with Gasteiger partial charge in [-0.1, -0.05) is 19.8 Å². The molecule has 0 atom stereocenters. The van der Waals surface area contributed by atoms with E-state index in [0.29, 0.717) is 5.78 Å². The van der Waals surface area contributed by atoms with Crippen LogP contribution < -0.4 is 0 Å². The van der Waals surface area contributed by atoms with Crippen molar-refractivity contribution >= 4 is 28.8 Å². The van der Waals surface area contributed by atoms with E-state index in [9.17, 15) is 4.79 Å². The number of hydrogen-bond donors (Lipinski definition) is 0. The molecular weight excluding hydrogens is 124 g/mol. The third kappa shape index (κ3) is 11.8. The zero-order valence-electron chi connectivity index (χ0n) is 8.44. The molecule has 0 saturated carbocycles. The van der Waals surface area contributed by atoms with E-state index in [1.807, 2.05) is 0 Å². The molecule has 0 rings (SSSR count). The number of hydrogen-bond acceptors (Lipinski definition) is 1. The maximum Gasteiger partial charge on any atom is 2.00 e. The molecule has 0 amide bonds. The molecule has 0 unspecified atom stereocenters. The summed E-state index contributed by atoms with van der Waals surface area (Å²) in [5.74, 6) is 0.318. The van der Waals surface area contributed by atoms with Gasteiger partial charge in [0.15, 0.2) is 0 Å². The minimum Gasteiger partial charge on any atom is -1.00 e. The van der Waals surface area contributed by atoms with Crippen LogP contribution in [-0.2, 0) is 4.79 Å². The smallest absolute Gasteiger partial charge is 1.00 e. The van der Waals surface area contributed by atoms with Gasteiger partial charge in [0.2, 0.25) is 0 Å². The van der Waals surface area contributed by atoms with Crippen molar-refractivity contribution in [2.75, 3.05) is 0 Å². The maximum absolute atomic E-state index is 10.3. The monoisotopic (exact) mass is 140 g/mol. The second kappa shape index (κ2) is 8.44. The molecule has 0 radical (unpaired) electrons. The summed E-state index contributed by atoms with van der Waals surface area (Å²) >= 11 is 0. The molecular formula is C7H16MgO. The predicted molar refractivity (Wildman–Crippen MR) is 42.8 cm³/mol. The molecule has 0 heterocycles. The summed E-state index contributed by atoms with van der Waals surface area (Å²) in [4.78, 5) is 10.3. The molecule has 9 heavy (non-hydrogen) atoms. The van der Waals surface area contributed by atoms with Crippen LogP contribution in [0.5, 0.6) is 0 Å². The predicted octanol–water partition coefficient (Wildman–Crippen LogP) is 2.00. The van der Waals surface area contributed by atoms with Gasteiger partial charge in [-0.15, -0.1) is 0 Å². The first-order valence-electron chi connectivity index (χ1n) is 3.26.